The fraction of sp³-hybridized carbons (Fsp3) is 0.562. The Morgan fingerprint density at radius 3 is 2.56 bits per heavy atom. The Hall–Kier alpha value is -1.31. The molecule has 0 aliphatic carbocycles. The lowest BCUT2D eigenvalue weighted by atomic mass is 9.97. The van der Waals surface area contributed by atoms with E-state index in [1.807, 2.05) is 39.0 Å². The normalized spacial score (nSPS) is 13.2. The van der Waals surface area contributed by atoms with E-state index in [-0.39, 0.29) is 5.97 Å². The predicted molar refractivity (Wildman–Crippen MR) is 74.9 cm³/mol. The molecule has 1 aromatic rings. The van der Waals surface area contributed by atoms with E-state index in [0.29, 0.717) is 11.5 Å². The van der Waals surface area contributed by atoms with Gasteiger partial charge in [0, 0.05) is 0 Å². The molecule has 2 heteroatoms. The van der Waals surface area contributed by atoms with Gasteiger partial charge >= 0.3 is 5.97 Å². The van der Waals surface area contributed by atoms with Crippen molar-refractivity contribution in [2.45, 2.75) is 59.0 Å². The predicted octanol–water partition coefficient (Wildman–Crippen LogP) is 4.55. The van der Waals surface area contributed by atoms with Gasteiger partial charge in [-0.1, -0.05) is 32.9 Å². The summed E-state index contributed by atoms with van der Waals surface area (Å²) in [5, 5.41) is 0. The quantitative estimate of drug-likeness (QED) is 0.715. The minimum absolute atomic E-state index is 0.230. The van der Waals surface area contributed by atoms with Crippen LogP contribution < -0.4 is 0 Å². The lowest BCUT2D eigenvalue weighted by Gasteiger charge is -2.23. The Labute approximate surface area is 110 Å². The highest BCUT2D eigenvalue weighted by Crippen LogP contribution is 2.21. The van der Waals surface area contributed by atoms with Gasteiger partial charge in [-0.15, -0.1) is 0 Å². The van der Waals surface area contributed by atoms with Gasteiger partial charge < -0.3 is 4.74 Å². The molecule has 0 bridgehead atoms. The molecule has 0 aliphatic heterocycles. The summed E-state index contributed by atoms with van der Waals surface area (Å²) in [4.78, 5) is 12.1. The summed E-state index contributed by atoms with van der Waals surface area (Å²) in [6.45, 7) is 10.2. The number of hydrogen-bond acceptors (Lipinski definition) is 2. The Morgan fingerprint density at radius 2 is 2.00 bits per heavy atom. The maximum Gasteiger partial charge on any atom is 0.338 e. The summed E-state index contributed by atoms with van der Waals surface area (Å²) in [6, 6.07) is 7.76. The van der Waals surface area contributed by atoms with E-state index in [1.165, 1.54) is 5.56 Å². The molecule has 2 nitrogen and oxygen atoms in total. The fourth-order valence-electron chi connectivity index (χ4n) is 1.59. The second kappa shape index (κ2) is 6.03. The summed E-state index contributed by atoms with van der Waals surface area (Å²) in [6.07, 6.45) is 1.88. The zero-order valence-corrected chi connectivity index (χ0v) is 12.1. The third-order valence-corrected chi connectivity index (χ3v) is 3.52. The molecule has 18 heavy (non-hydrogen) atoms. The molecule has 0 fully saturated rings. The largest absolute Gasteiger partial charge is 0.456 e. The molecular weight excluding hydrogens is 224 g/mol. The van der Waals surface area contributed by atoms with E-state index in [9.17, 15) is 4.79 Å². The molecule has 1 aromatic carbocycles. The summed E-state index contributed by atoms with van der Waals surface area (Å²) in [5.41, 5.74) is 1.44. The van der Waals surface area contributed by atoms with Crippen LogP contribution in [0.4, 0.5) is 0 Å². The third kappa shape index (κ3) is 3.86. The van der Waals surface area contributed by atoms with Gasteiger partial charge in [0.2, 0.25) is 0 Å². The van der Waals surface area contributed by atoms with Crippen molar-refractivity contribution in [1.82, 2.24) is 0 Å². The monoisotopic (exact) mass is 248 g/mol. The molecule has 0 heterocycles. The average molecular weight is 248 g/mol. The Bertz CT molecular complexity index is 407. The first-order valence-electron chi connectivity index (χ1n) is 6.73. The topological polar surface area (TPSA) is 26.3 Å². The first-order valence-corrected chi connectivity index (χ1v) is 6.73. The van der Waals surface area contributed by atoms with Gasteiger partial charge in [0.15, 0.2) is 0 Å². The zero-order chi connectivity index (χ0) is 13.8. The van der Waals surface area contributed by atoms with Crippen molar-refractivity contribution in [2.75, 3.05) is 0 Å². The molecular formula is C16H24O2. The van der Waals surface area contributed by atoms with Crippen molar-refractivity contribution in [3.05, 3.63) is 35.4 Å². The van der Waals surface area contributed by atoms with E-state index in [0.717, 1.165) is 12.8 Å². The summed E-state index contributed by atoms with van der Waals surface area (Å²) >= 11 is 0. The smallest absolute Gasteiger partial charge is 0.338 e. The minimum Gasteiger partial charge on any atom is -0.456 e. The molecule has 0 spiro atoms. The maximum absolute atomic E-state index is 12.1. The van der Waals surface area contributed by atoms with Crippen molar-refractivity contribution in [2.24, 2.45) is 0 Å². The van der Waals surface area contributed by atoms with E-state index < -0.39 is 5.60 Å². The molecule has 1 atom stereocenters. The highest BCUT2D eigenvalue weighted by molar-refractivity contribution is 5.89. The van der Waals surface area contributed by atoms with Crippen molar-refractivity contribution >= 4 is 5.97 Å². The van der Waals surface area contributed by atoms with Crippen molar-refractivity contribution < 1.29 is 9.53 Å². The molecule has 0 aromatic heterocycles. The molecule has 1 unspecified atom stereocenters. The Balaban J connectivity index is 2.87. The maximum atomic E-state index is 12.1. The van der Waals surface area contributed by atoms with Crippen molar-refractivity contribution in [3.8, 4) is 0 Å². The standard InChI is InChI=1S/C16H24O2/c1-6-12(3)13-9-8-10-14(11-13)15(17)18-16(4,5)7-2/h8-12H,6-7H2,1-5H3. The molecule has 0 N–H and O–H groups in total. The first kappa shape index (κ1) is 14.7. The van der Waals surface area contributed by atoms with Gasteiger partial charge in [-0.05, 0) is 50.3 Å². The van der Waals surface area contributed by atoms with Crippen LogP contribution in [0.2, 0.25) is 0 Å². The molecule has 1 rings (SSSR count). The van der Waals surface area contributed by atoms with Gasteiger partial charge in [-0.3, -0.25) is 0 Å². The van der Waals surface area contributed by atoms with Crippen LogP contribution in [0.3, 0.4) is 0 Å². The van der Waals surface area contributed by atoms with Crippen molar-refractivity contribution in [1.29, 1.82) is 0 Å². The van der Waals surface area contributed by atoms with Gasteiger partial charge in [-0.2, -0.15) is 0 Å². The van der Waals surface area contributed by atoms with Crippen LogP contribution in [-0.2, 0) is 4.74 Å². The SMILES string of the molecule is CCC(C)c1cccc(C(=O)OC(C)(C)CC)c1. The van der Waals surface area contributed by atoms with E-state index in [2.05, 4.69) is 19.9 Å². The van der Waals surface area contributed by atoms with Crippen LogP contribution in [0.15, 0.2) is 24.3 Å². The first-order chi connectivity index (χ1) is 8.39. The lowest BCUT2D eigenvalue weighted by molar-refractivity contribution is -0.00244. The summed E-state index contributed by atoms with van der Waals surface area (Å²) < 4.78 is 5.50. The van der Waals surface area contributed by atoms with E-state index in [1.54, 1.807) is 0 Å². The molecule has 0 aliphatic rings. The molecule has 100 valence electrons. The molecule has 0 saturated heterocycles. The lowest BCUT2D eigenvalue weighted by Crippen LogP contribution is -2.27. The minimum atomic E-state index is -0.399. The summed E-state index contributed by atoms with van der Waals surface area (Å²) in [5.74, 6) is 0.240. The zero-order valence-electron chi connectivity index (χ0n) is 12.1. The van der Waals surface area contributed by atoms with Gasteiger partial charge in [0.05, 0.1) is 5.56 Å². The van der Waals surface area contributed by atoms with Gasteiger partial charge in [-0.25, -0.2) is 4.79 Å². The number of esters is 1. The Kier molecular flexibility index (Phi) is 4.94. The third-order valence-electron chi connectivity index (χ3n) is 3.52. The highest BCUT2D eigenvalue weighted by atomic mass is 16.6. The number of hydrogen-bond donors (Lipinski definition) is 0. The second-order valence-corrected chi connectivity index (χ2v) is 5.44. The fourth-order valence-corrected chi connectivity index (χ4v) is 1.59. The number of ether oxygens (including phenoxy) is 1. The van der Waals surface area contributed by atoms with Gasteiger partial charge in [0.1, 0.15) is 5.60 Å². The van der Waals surface area contributed by atoms with Crippen LogP contribution in [0, 0.1) is 0 Å². The van der Waals surface area contributed by atoms with E-state index in [4.69, 9.17) is 4.74 Å². The van der Waals surface area contributed by atoms with Crippen LogP contribution in [0.5, 0.6) is 0 Å². The van der Waals surface area contributed by atoms with Crippen LogP contribution >= 0.6 is 0 Å². The molecule has 0 radical (unpaired) electrons. The number of carbonyl (C=O) groups is 1. The average Bonchev–Trinajstić information content (AvgIpc) is 2.37. The Morgan fingerprint density at radius 1 is 1.33 bits per heavy atom. The number of rotatable bonds is 5. The summed E-state index contributed by atoms with van der Waals surface area (Å²) in [7, 11) is 0. The number of benzene rings is 1. The van der Waals surface area contributed by atoms with Gasteiger partial charge in [0.25, 0.3) is 0 Å². The molecule has 0 saturated carbocycles. The molecule has 0 amide bonds. The van der Waals surface area contributed by atoms with E-state index >= 15 is 0 Å². The number of carbonyl (C=O) groups excluding carboxylic acids is 1. The van der Waals surface area contributed by atoms with Crippen LogP contribution in [0.1, 0.15) is 69.3 Å². The van der Waals surface area contributed by atoms with Crippen LogP contribution in [-0.4, -0.2) is 11.6 Å². The highest BCUT2D eigenvalue weighted by Gasteiger charge is 2.21. The van der Waals surface area contributed by atoms with Crippen molar-refractivity contribution in [3.63, 3.8) is 0 Å². The van der Waals surface area contributed by atoms with Crippen LogP contribution in [0.25, 0.3) is 0 Å². The second-order valence-electron chi connectivity index (χ2n) is 5.44.